The number of fused-ring (bicyclic) bond motifs is 1. The first-order valence-electron chi connectivity index (χ1n) is 10.7. The molecular formula is C26H18N2O3S. The van der Waals surface area contributed by atoms with Gasteiger partial charge in [-0.15, -0.1) is 0 Å². The highest BCUT2D eigenvalue weighted by Crippen LogP contribution is 2.61. The summed E-state index contributed by atoms with van der Waals surface area (Å²) in [6.07, 6.45) is 0. The van der Waals surface area contributed by atoms with Crippen LogP contribution in [0.2, 0.25) is 0 Å². The molecule has 0 N–H and O–H groups in total. The SMILES string of the molecule is COc1ccc2nc(N3C(=O)C4C5c6ccccc6C(c6ccccc65)C4C3=O)sc2c1. The quantitative estimate of drug-likeness (QED) is 0.426. The van der Waals surface area contributed by atoms with E-state index in [0.29, 0.717) is 5.13 Å². The number of hydrogen-bond donors (Lipinski definition) is 0. The van der Waals surface area contributed by atoms with E-state index >= 15 is 0 Å². The maximum Gasteiger partial charge on any atom is 0.240 e. The maximum atomic E-state index is 13.8. The lowest BCUT2D eigenvalue weighted by Gasteiger charge is -2.45. The number of amides is 2. The molecule has 0 spiro atoms. The Morgan fingerprint density at radius 1 is 0.812 bits per heavy atom. The molecule has 3 aliphatic carbocycles. The minimum atomic E-state index is -0.390. The van der Waals surface area contributed by atoms with Gasteiger partial charge in [-0.3, -0.25) is 9.59 Å². The van der Waals surface area contributed by atoms with Crippen molar-refractivity contribution in [3.63, 3.8) is 0 Å². The van der Waals surface area contributed by atoms with E-state index < -0.39 is 0 Å². The van der Waals surface area contributed by atoms with Gasteiger partial charge in [-0.2, -0.15) is 0 Å². The highest BCUT2D eigenvalue weighted by Gasteiger charge is 2.62. The van der Waals surface area contributed by atoms with E-state index in [4.69, 9.17) is 4.74 Å². The maximum absolute atomic E-state index is 13.8. The van der Waals surface area contributed by atoms with Crippen molar-refractivity contribution in [2.24, 2.45) is 11.8 Å². The van der Waals surface area contributed by atoms with Crippen LogP contribution < -0.4 is 9.64 Å². The zero-order valence-corrected chi connectivity index (χ0v) is 18.0. The van der Waals surface area contributed by atoms with Gasteiger partial charge in [0.25, 0.3) is 0 Å². The lowest BCUT2D eigenvalue weighted by molar-refractivity contribution is -0.122. The summed E-state index contributed by atoms with van der Waals surface area (Å²) >= 11 is 1.36. The average Bonchev–Trinajstić information content (AvgIpc) is 3.36. The molecule has 8 rings (SSSR count). The second-order valence-corrected chi connectivity index (χ2v) is 9.62. The predicted octanol–water partition coefficient (Wildman–Crippen LogP) is 4.70. The Kier molecular flexibility index (Phi) is 3.54. The molecule has 2 heterocycles. The highest BCUT2D eigenvalue weighted by atomic mass is 32.1. The lowest BCUT2D eigenvalue weighted by atomic mass is 9.55. The standard InChI is InChI=1S/C26H18N2O3S/c1-31-13-10-11-18-19(12-13)32-26(27-18)28-24(29)22-20-14-6-2-3-7-15(14)21(23(22)25(28)30)17-9-5-4-8-16(17)20/h2-12,20-23H,1H3. The van der Waals surface area contributed by atoms with Crippen LogP contribution in [0.4, 0.5) is 5.13 Å². The van der Waals surface area contributed by atoms with E-state index in [1.807, 2.05) is 42.5 Å². The van der Waals surface area contributed by atoms with Crippen LogP contribution in [0.1, 0.15) is 34.1 Å². The summed E-state index contributed by atoms with van der Waals surface area (Å²) < 4.78 is 6.21. The molecule has 6 heteroatoms. The molecule has 2 amide bonds. The number of anilines is 1. The molecule has 1 aromatic heterocycles. The second-order valence-electron chi connectivity index (χ2n) is 8.61. The van der Waals surface area contributed by atoms with Crippen molar-refractivity contribution in [1.82, 2.24) is 4.98 Å². The van der Waals surface area contributed by atoms with E-state index in [1.165, 1.54) is 38.5 Å². The van der Waals surface area contributed by atoms with Gasteiger partial charge in [0.15, 0.2) is 5.13 Å². The molecular weight excluding hydrogens is 420 g/mol. The highest BCUT2D eigenvalue weighted by molar-refractivity contribution is 7.22. The number of thiazole rings is 1. The summed E-state index contributed by atoms with van der Waals surface area (Å²) in [7, 11) is 1.62. The van der Waals surface area contributed by atoms with Crippen molar-refractivity contribution in [3.05, 3.63) is 89.0 Å². The molecule has 4 aromatic rings. The van der Waals surface area contributed by atoms with Gasteiger partial charge >= 0.3 is 0 Å². The third-order valence-corrected chi connectivity index (χ3v) is 8.23. The molecule has 5 nitrogen and oxygen atoms in total. The Balaban J connectivity index is 1.40. The van der Waals surface area contributed by atoms with Crippen LogP contribution in [0.3, 0.4) is 0 Å². The number of carbonyl (C=O) groups excluding carboxylic acids is 2. The number of nitrogens with zero attached hydrogens (tertiary/aromatic N) is 2. The fourth-order valence-electron chi connectivity index (χ4n) is 5.98. The molecule has 2 atom stereocenters. The molecule has 156 valence electrons. The minimum Gasteiger partial charge on any atom is -0.497 e. The number of carbonyl (C=O) groups is 2. The lowest BCUT2D eigenvalue weighted by Crippen LogP contribution is -2.41. The number of aromatic nitrogens is 1. The second kappa shape index (κ2) is 6.26. The van der Waals surface area contributed by atoms with E-state index in [-0.39, 0.29) is 35.5 Å². The summed E-state index contributed by atoms with van der Waals surface area (Å²) in [4.78, 5) is 33.6. The average molecular weight is 439 g/mol. The van der Waals surface area contributed by atoms with Gasteiger partial charge in [0, 0.05) is 11.8 Å². The number of rotatable bonds is 2. The van der Waals surface area contributed by atoms with E-state index in [9.17, 15) is 9.59 Å². The minimum absolute atomic E-state index is 0.103. The molecule has 2 unspecified atom stereocenters. The van der Waals surface area contributed by atoms with E-state index in [1.54, 1.807) is 7.11 Å². The normalized spacial score (nSPS) is 25.1. The Bertz CT molecular complexity index is 1340. The van der Waals surface area contributed by atoms with Gasteiger partial charge in [0.1, 0.15) is 5.75 Å². The molecule has 0 radical (unpaired) electrons. The molecule has 1 aliphatic heterocycles. The fourth-order valence-corrected chi connectivity index (χ4v) is 6.99. The van der Waals surface area contributed by atoms with Crippen molar-refractivity contribution < 1.29 is 14.3 Å². The third-order valence-electron chi connectivity index (χ3n) is 7.22. The molecule has 2 bridgehead atoms. The number of benzene rings is 3. The summed E-state index contributed by atoms with van der Waals surface area (Å²) in [5.74, 6) is -0.529. The largest absolute Gasteiger partial charge is 0.497 e. The van der Waals surface area contributed by atoms with Crippen LogP contribution in [-0.4, -0.2) is 23.9 Å². The van der Waals surface area contributed by atoms with Crippen molar-refractivity contribution in [1.29, 1.82) is 0 Å². The Morgan fingerprint density at radius 3 is 1.84 bits per heavy atom. The van der Waals surface area contributed by atoms with Crippen molar-refractivity contribution in [3.8, 4) is 5.75 Å². The van der Waals surface area contributed by atoms with Gasteiger partial charge in [-0.1, -0.05) is 59.9 Å². The van der Waals surface area contributed by atoms with Gasteiger partial charge in [-0.25, -0.2) is 9.88 Å². The first kappa shape index (κ1) is 18.1. The first-order valence-corrected chi connectivity index (χ1v) is 11.5. The van der Waals surface area contributed by atoms with Crippen molar-refractivity contribution >= 4 is 38.5 Å². The van der Waals surface area contributed by atoms with Gasteiger partial charge in [-0.05, 0) is 40.5 Å². The molecule has 4 aliphatic rings. The molecule has 3 aromatic carbocycles. The molecule has 1 fully saturated rings. The van der Waals surface area contributed by atoms with Gasteiger partial charge in [0.05, 0.1) is 29.2 Å². The Labute approximate surface area is 188 Å². The summed E-state index contributed by atoms with van der Waals surface area (Å²) in [5, 5.41) is 0.449. The van der Waals surface area contributed by atoms with E-state index in [0.717, 1.165) is 16.0 Å². The van der Waals surface area contributed by atoms with Gasteiger partial charge in [0.2, 0.25) is 11.8 Å². The molecule has 0 saturated carbocycles. The van der Waals surface area contributed by atoms with Gasteiger partial charge < -0.3 is 4.74 Å². The van der Waals surface area contributed by atoms with Crippen LogP contribution in [0.25, 0.3) is 10.2 Å². The van der Waals surface area contributed by atoms with Crippen LogP contribution in [0, 0.1) is 11.8 Å². The number of ether oxygens (including phenoxy) is 1. The number of methoxy groups -OCH3 is 1. The zero-order chi connectivity index (χ0) is 21.6. The van der Waals surface area contributed by atoms with Crippen LogP contribution in [0.15, 0.2) is 66.7 Å². The van der Waals surface area contributed by atoms with E-state index in [2.05, 4.69) is 29.2 Å². The molecule has 1 saturated heterocycles. The predicted molar refractivity (Wildman–Crippen MR) is 122 cm³/mol. The van der Waals surface area contributed by atoms with Crippen LogP contribution >= 0.6 is 11.3 Å². The Morgan fingerprint density at radius 2 is 1.34 bits per heavy atom. The monoisotopic (exact) mass is 438 g/mol. The van der Waals surface area contributed by atoms with Crippen molar-refractivity contribution in [2.75, 3.05) is 12.0 Å². The Hall–Kier alpha value is -3.51. The topological polar surface area (TPSA) is 59.5 Å². The summed E-state index contributed by atoms with van der Waals surface area (Å²) in [5.41, 5.74) is 5.46. The summed E-state index contributed by atoms with van der Waals surface area (Å²) in [6.45, 7) is 0. The smallest absolute Gasteiger partial charge is 0.240 e. The van der Waals surface area contributed by atoms with Crippen LogP contribution in [-0.2, 0) is 9.59 Å². The van der Waals surface area contributed by atoms with Crippen molar-refractivity contribution in [2.45, 2.75) is 11.8 Å². The summed E-state index contributed by atoms with van der Waals surface area (Å²) in [6, 6.07) is 22.2. The third kappa shape index (κ3) is 2.15. The first-order chi connectivity index (χ1) is 15.7. The number of imide groups is 1. The zero-order valence-electron chi connectivity index (χ0n) is 17.2. The number of hydrogen-bond acceptors (Lipinski definition) is 5. The molecule has 32 heavy (non-hydrogen) atoms. The fraction of sp³-hybridized carbons (Fsp3) is 0.192. The van der Waals surface area contributed by atoms with Crippen LogP contribution in [0.5, 0.6) is 5.75 Å².